The van der Waals surface area contributed by atoms with Crippen LogP contribution in [0.5, 0.6) is 0 Å². The summed E-state index contributed by atoms with van der Waals surface area (Å²) in [7, 11) is 0. The van der Waals surface area contributed by atoms with Crippen LogP contribution in [0, 0.1) is 0 Å². The molecular formula is C14H11ClN2O. The fraction of sp³-hybridized carbons (Fsp3) is 0.0714. The minimum absolute atomic E-state index is 0.0957. The minimum Gasteiger partial charge on any atom is -0.392 e. The van der Waals surface area contributed by atoms with Gasteiger partial charge in [-0.1, -0.05) is 29.8 Å². The van der Waals surface area contributed by atoms with E-state index in [4.69, 9.17) is 11.6 Å². The summed E-state index contributed by atoms with van der Waals surface area (Å²) in [5, 5.41) is 10.0. The molecule has 0 unspecified atom stereocenters. The number of aromatic nitrogens is 2. The third kappa shape index (κ3) is 1.68. The molecule has 0 fully saturated rings. The van der Waals surface area contributed by atoms with Crippen LogP contribution in [0.4, 0.5) is 0 Å². The highest BCUT2D eigenvalue weighted by Crippen LogP contribution is 2.26. The largest absolute Gasteiger partial charge is 0.392 e. The topological polar surface area (TPSA) is 38.0 Å². The summed E-state index contributed by atoms with van der Waals surface area (Å²) < 4.78 is 1.94. The van der Waals surface area contributed by atoms with Crippen LogP contribution in [-0.2, 0) is 6.61 Å². The van der Waals surface area contributed by atoms with Gasteiger partial charge in [0.2, 0.25) is 0 Å². The lowest BCUT2D eigenvalue weighted by Gasteiger charge is -2.10. The maximum Gasteiger partial charge on any atom is 0.100 e. The van der Waals surface area contributed by atoms with Crippen LogP contribution in [0.1, 0.15) is 5.56 Å². The average molecular weight is 259 g/mol. The molecule has 1 N–H and O–H groups in total. The Hall–Kier alpha value is -1.84. The van der Waals surface area contributed by atoms with Gasteiger partial charge in [-0.2, -0.15) is 0 Å². The first-order valence-electron chi connectivity index (χ1n) is 5.62. The molecule has 0 atom stereocenters. The molecule has 0 aliphatic carbocycles. The SMILES string of the molecule is OCc1c(Cl)cccc1-n1cnc2ccccc21. The van der Waals surface area contributed by atoms with Gasteiger partial charge in [0.05, 0.1) is 23.3 Å². The molecule has 0 saturated heterocycles. The maximum atomic E-state index is 9.45. The first kappa shape index (κ1) is 11.3. The number of benzene rings is 2. The molecule has 0 radical (unpaired) electrons. The van der Waals surface area contributed by atoms with E-state index >= 15 is 0 Å². The number of aliphatic hydroxyl groups excluding tert-OH is 1. The summed E-state index contributed by atoms with van der Waals surface area (Å²) in [5.41, 5.74) is 3.48. The minimum atomic E-state index is -0.0957. The smallest absolute Gasteiger partial charge is 0.100 e. The van der Waals surface area contributed by atoms with Crippen molar-refractivity contribution in [3.8, 4) is 5.69 Å². The van der Waals surface area contributed by atoms with E-state index in [2.05, 4.69) is 4.98 Å². The van der Waals surface area contributed by atoms with Crippen LogP contribution in [0.2, 0.25) is 5.02 Å². The summed E-state index contributed by atoms with van der Waals surface area (Å²) in [4.78, 5) is 4.34. The summed E-state index contributed by atoms with van der Waals surface area (Å²) in [6.45, 7) is -0.0957. The molecule has 0 saturated carbocycles. The molecule has 3 nitrogen and oxygen atoms in total. The Bertz CT molecular complexity index is 706. The second kappa shape index (κ2) is 4.44. The van der Waals surface area contributed by atoms with Gasteiger partial charge in [-0.25, -0.2) is 4.98 Å². The lowest BCUT2D eigenvalue weighted by molar-refractivity contribution is 0.281. The summed E-state index contributed by atoms with van der Waals surface area (Å²) >= 11 is 6.10. The molecule has 2 aromatic carbocycles. The maximum absolute atomic E-state index is 9.45. The average Bonchev–Trinajstić information content (AvgIpc) is 2.82. The Morgan fingerprint density at radius 2 is 1.94 bits per heavy atom. The fourth-order valence-electron chi connectivity index (χ4n) is 2.08. The van der Waals surface area contributed by atoms with E-state index < -0.39 is 0 Å². The number of halogens is 1. The standard InChI is InChI=1S/C14H11ClN2O/c15-11-4-3-7-13(10(11)8-18)17-9-16-12-5-1-2-6-14(12)17/h1-7,9,18H,8H2. The third-order valence-electron chi connectivity index (χ3n) is 2.97. The molecule has 0 aliphatic heterocycles. The van der Waals surface area contributed by atoms with Crippen molar-refractivity contribution in [1.82, 2.24) is 9.55 Å². The highest BCUT2D eigenvalue weighted by molar-refractivity contribution is 6.31. The van der Waals surface area contributed by atoms with E-state index in [0.717, 1.165) is 16.7 Å². The monoisotopic (exact) mass is 258 g/mol. The number of aliphatic hydroxyl groups is 1. The Morgan fingerprint density at radius 1 is 1.11 bits per heavy atom. The molecule has 18 heavy (non-hydrogen) atoms. The third-order valence-corrected chi connectivity index (χ3v) is 3.32. The molecule has 1 heterocycles. The van der Waals surface area contributed by atoms with E-state index in [1.54, 1.807) is 12.4 Å². The van der Waals surface area contributed by atoms with Gasteiger partial charge in [0.15, 0.2) is 0 Å². The van der Waals surface area contributed by atoms with Crippen LogP contribution in [0.15, 0.2) is 48.8 Å². The van der Waals surface area contributed by atoms with E-state index in [0.29, 0.717) is 10.6 Å². The second-order valence-electron chi connectivity index (χ2n) is 4.00. The molecule has 0 aliphatic rings. The quantitative estimate of drug-likeness (QED) is 0.767. The van der Waals surface area contributed by atoms with Gasteiger partial charge in [-0.3, -0.25) is 4.57 Å². The predicted molar refractivity (Wildman–Crippen MR) is 72.0 cm³/mol. The van der Waals surface area contributed by atoms with Crippen LogP contribution < -0.4 is 0 Å². The number of hydrogen-bond acceptors (Lipinski definition) is 2. The molecule has 90 valence electrons. The normalized spacial score (nSPS) is 11.0. The molecular weight excluding hydrogens is 248 g/mol. The molecule has 0 bridgehead atoms. The summed E-state index contributed by atoms with van der Waals surface area (Å²) in [6, 6.07) is 13.4. The lowest BCUT2D eigenvalue weighted by atomic mass is 10.2. The van der Waals surface area contributed by atoms with Gasteiger partial charge in [0.1, 0.15) is 6.33 Å². The van der Waals surface area contributed by atoms with Gasteiger partial charge < -0.3 is 5.11 Å². The fourth-order valence-corrected chi connectivity index (χ4v) is 2.31. The number of para-hydroxylation sites is 2. The molecule has 0 spiro atoms. The number of imidazole rings is 1. The molecule has 3 rings (SSSR count). The van der Waals surface area contributed by atoms with Gasteiger partial charge in [-0.15, -0.1) is 0 Å². The second-order valence-corrected chi connectivity index (χ2v) is 4.41. The first-order valence-corrected chi connectivity index (χ1v) is 6.00. The number of nitrogens with zero attached hydrogens (tertiary/aromatic N) is 2. The van der Waals surface area contributed by atoms with Crippen molar-refractivity contribution in [2.75, 3.05) is 0 Å². The van der Waals surface area contributed by atoms with Crippen LogP contribution in [-0.4, -0.2) is 14.7 Å². The van der Waals surface area contributed by atoms with Crippen LogP contribution in [0.3, 0.4) is 0 Å². The van der Waals surface area contributed by atoms with Gasteiger partial charge in [-0.05, 0) is 24.3 Å². The number of hydrogen-bond donors (Lipinski definition) is 1. The van der Waals surface area contributed by atoms with Crippen molar-refractivity contribution in [2.45, 2.75) is 6.61 Å². The Labute approximate surface area is 109 Å². The van der Waals surface area contributed by atoms with E-state index in [-0.39, 0.29) is 6.61 Å². The van der Waals surface area contributed by atoms with Gasteiger partial charge in [0, 0.05) is 10.6 Å². The van der Waals surface area contributed by atoms with Crippen molar-refractivity contribution < 1.29 is 5.11 Å². The summed E-state index contributed by atoms with van der Waals surface area (Å²) in [6.07, 6.45) is 1.75. The van der Waals surface area contributed by atoms with E-state index in [9.17, 15) is 5.11 Å². The predicted octanol–water partition coefficient (Wildman–Crippen LogP) is 3.17. The Balaban J connectivity index is 2.30. The zero-order chi connectivity index (χ0) is 12.5. The van der Waals surface area contributed by atoms with E-state index in [1.807, 2.05) is 41.0 Å². The lowest BCUT2D eigenvalue weighted by Crippen LogP contribution is -1.99. The van der Waals surface area contributed by atoms with Crippen molar-refractivity contribution >= 4 is 22.6 Å². The van der Waals surface area contributed by atoms with Crippen molar-refractivity contribution in [2.24, 2.45) is 0 Å². The molecule has 3 aromatic rings. The van der Waals surface area contributed by atoms with Crippen molar-refractivity contribution in [3.05, 3.63) is 59.4 Å². The van der Waals surface area contributed by atoms with Crippen molar-refractivity contribution in [1.29, 1.82) is 0 Å². The molecule has 1 aromatic heterocycles. The van der Waals surface area contributed by atoms with Crippen LogP contribution >= 0.6 is 11.6 Å². The zero-order valence-electron chi connectivity index (χ0n) is 9.55. The first-order chi connectivity index (χ1) is 8.81. The highest BCUT2D eigenvalue weighted by Gasteiger charge is 2.10. The zero-order valence-corrected chi connectivity index (χ0v) is 10.3. The molecule has 0 amide bonds. The number of fused-ring (bicyclic) bond motifs is 1. The molecule has 4 heteroatoms. The Kier molecular flexibility index (Phi) is 2.78. The van der Waals surface area contributed by atoms with Crippen LogP contribution in [0.25, 0.3) is 16.7 Å². The van der Waals surface area contributed by atoms with E-state index in [1.165, 1.54) is 0 Å². The van der Waals surface area contributed by atoms with Gasteiger partial charge >= 0.3 is 0 Å². The Morgan fingerprint density at radius 3 is 2.78 bits per heavy atom. The van der Waals surface area contributed by atoms with Gasteiger partial charge in [0.25, 0.3) is 0 Å². The number of rotatable bonds is 2. The van der Waals surface area contributed by atoms with Crippen molar-refractivity contribution in [3.63, 3.8) is 0 Å². The highest BCUT2D eigenvalue weighted by atomic mass is 35.5. The summed E-state index contributed by atoms with van der Waals surface area (Å²) in [5.74, 6) is 0.